The van der Waals surface area contributed by atoms with Gasteiger partial charge in [0.1, 0.15) is 5.75 Å². The summed E-state index contributed by atoms with van der Waals surface area (Å²) in [5.41, 5.74) is 2.70. The molecule has 0 saturated carbocycles. The predicted octanol–water partition coefficient (Wildman–Crippen LogP) is 3.70. The summed E-state index contributed by atoms with van der Waals surface area (Å²) in [6.07, 6.45) is 2.27. The minimum atomic E-state index is -0.0652. The standard InChI is InChI=1S/C21H23N3O2S/c1-26-17-5-2-14(3-6-17)13-23-20(25)16-4-7-18-19(12-16)27-21(24-18)15-8-10-22-11-9-15/h2-7,12,15,22H,8-11,13H2,1H3,(H,23,25). The second-order valence-electron chi connectivity index (χ2n) is 6.79. The van der Waals surface area contributed by atoms with Crippen molar-refractivity contribution in [1.82, 2.24) is 15.6 Å². The van der Waals surface area contributed by atoms with E-state index in [0.29, 0.717) is 18.0 Å². The van der Waals surface area contributed by atoms with Gasteiger partial charge in [0.05, 0.1) is 22.3 Å². The minimum absolute atomic E-state index is 0.0652. The monoisotopic (exact) mass is 381 g/mol. The van der Waals surface area contributed by atoms with Gasteiger partial charge >= 0.3 is 0 Å². The van der Waals surface area contributed by atoms with Crippen LogP contribution in [0.3, 0.4) is 0 Å². The summed E-state index contributed by atoms with van der Waals surface area (Å²) < 4.78 is 6.24. The minimum Gasteiger partial charge on any atom is -0.497 e. The molecule has 0 radical (unpaired) electrons. The Bertz CT molecular complexity index is 930. The van der Waals surface area contributed by atoms with Gasteiger partial charge < -0.3 is 15.4 Å². The molecular formula is C21H23N3O2S. The highest BCUT2D eigenvalue weighted by Gasteiger charge is 2.19. The molecular weight excluding hydrogens is 358 g/mol. The molecule has 1 fully saturated rings. The smallest absolute Gasteiger partial charge is 0.251 e. The van der Waals surface area contributed by atoms with E-state index >= 15 is 0 Å². The number of piperidine rings is 1. The molecule has 4 rings (SSSR count). The Morgan fingerprint density at radius 2 is 2.00 bits per heavy atom. The number of hydrogen-bond acceptors (Lipinski definition) is 5. The van der Waals surface area contributed by atoms with Crippen LogP contribution in [-0.4, -0.2) is 31.1 Å². The number of thiazole rings is 1. The fourth-order valence-electron chi connectivity index (χ4n) is 3.35. The van der Waals surface area contributed by atoms with Crippen LogP contribution in [-0.2, 0) is 6.54 Å². The number of benzene rings is 2. The number of nitrogens with one attached hydrogen (secondary N) is 2. The zero-order valence-corrected chi connectivity index (χ0v) is 16.1. The van der Waals surface area contributed by atoms with Crippen LogP contribution in [0.1, 0.15) is 39.7 Å². The molecule has 0 bridgehead atoms. The molecule has 0 aliphatic carbocycles. The average molecular weight is 382 g/mol. The van der Waals surface area contributed by atoms with E-state index in [1.54, 1.807) is 18.4 Å². The third kappa shape index (κ3) is 4.12. The maximum Gasteiger partial charge on any atom is 0.251 e. The van der Waals surface area contributed by atoms with Gasteiger partial charge in [0, 0.05) is 18.0 Å². The van der Waals surface area contributed by atoms with Gasteiger partial charge in [-0.2, -0.15) is 0 Å². The molecule has 5 nitrogen and oxygen atoms in total. The van der Waals surface area contributed by atoms with Crippen molar-refractivity contribution in [2.24, 2.45) is 0 Å². The maximum absolute atomic E-state index is 12.5. The van der Waals surface area contributed by atoms with Crippen molar-refractivity contribution >= 4 is 27.5 Å². The van der Waals surface area contributed by atoms with E-state index in [2.05, 4.69) is 10.6 Å². The molecule has 27 heavy (non-hydrogen) atoms. The molecule has 0 atom stereocenters. The lowest BCUT2D eigenvalue weighted by molar-refractivity contribution is 0.0951. The van der Waals surface area contributed by atoms with E-state index in [1.165, 1.54) is 5.01 Å². The lowest BCUT2D eigenvalue weighted by atomic mass is 9.99. The molecule has 1 amide bonds. The summed E-state index contributed by atoms with van der Waals surface area (Å²) >= 11 is 1.72. The van der Waals surface area contributed by atoms with Gasteiger partial charge in [0.25, 0.3) is 5.91 Å². The average Bonchev–Trinajstić information content (AvgIpc) is 3.16. The highest BCUT2D eigenvalue weighted by Crippen LogP contribution is 2.32. The number of ether oxygens (including phenoxy) is 1. The number of carbonyl (C=O) groups is 1. The number of carbonyl (C=O) groups excluding carboxylic acids is 1. The molecule has 6 heteroatoms. The summed E-state index contributed by atoms with van der Waals surface area (Å²) in [4.78, 5) is 17.3. The Balaban J connectivity index is 1.44. The molecule has 3 aromatic rings. The highest BCUT2D eigenvalue weighted by atomic mass is 32.1. The van der Waals surface area contributed by atoms with Gasteiger partial charge in [-0.15, -0.1) is 11.3 Å². The Labute approximate surface area is 162 Å². The van der Waals surface area contributed by atoms with Crippen molar-refractivity contribution in [2.75, 3.05) is 20.2 Å². The van der Waals surface area contributed by atoms with E-state index in [9.17, 15) is 4.79 Å². The molecule has 0 spiro atoms. The van der Waals surface area contributed by atoms with E-state index in [1.807, 2.05) is 42.5 Å². The van der Waals surface area contributed by atoms with Crippen molar-refractivity contribution < 1.29 is 9.53 Å². The van der Waals surface area contributed by atoms with E-state index in [-0.39, 0.29) is 5.91 Å². The van der Waals surface area contributed by atoms with Gasteiger partial charge in [0.2, 0.25) is 0 Å². The van der Waals surface area contributed by atoms with E-state index < -0.39 is 0 Å². The van der Waals surface area contributed by atoms with Crippen molar-refractivity contribution in [3.8, 4) is 5.75 Å². The highest BCUT2D eigenvalue weighted by molar-refractivity contribution is 7.18. The van der Waals surface area contributed by atoms with Crippen molar-refractivity contribution in [2.45, 2.75) is 25.3 Å². The van der Waals surface area contributed by atoms with Crippen molar-refractivity contribution in [1.29, 1.82) is 0 Å². The summed E-state index contributed by atoms with van der Waals surface area (Å²) in [5.74, 6) is 1.28. The van der Waals surface area contributed by atoms with Crippen molar-refractivity contribution in [3.05, 3.63) is 58.6 Å². The number of fused-ring (bicyclic) bond motifs is 1. The largest absolute Gasteiger partial charge is 0.497 e. The number of amides is 1. The molecule has 2 heterocycles. The third-order valence-electron chi connectivity index (χ3n) is 4.97. The lowest BCUT2D eigenvalue weighted by Gasteiger charge is -2.20. The van der Waals surface area contributed by atoms with Crippen LogP contribution in [0.25, 0.3) is 10.2 Å². The topological polar surface area (TPSA) is 63.2 Å². The second kappa shape index (κ2) is 8.06. The zero-order valence-electron chi connectivity index (χ0n) is 15.3. The Hall–Kier alpha value is -2.44. The molecule has 1 aliphatic rings. The molecule has 2 aromatic carbocycles. The Morgan fingerprint density at radius 1 is 1.22 bits per heavy atom. The summed E-state index contributed by atoms with van der Waals surface area (Å²) in [6.45, 7) is 2.60. The number of nitrogens with zero attached hydrogens (tertiary/aromatic N) is 1. The van der Waals surface area contributed by atoms with Crippen LogP contribution < -0.4 is 15.4 Å². The number of aromatic nitrogens is 1. The molecule has 1 aliphatic heterocycles. The number of rotatable bonds is 5. The fourth-order valence-corrected chi connectivity index (χ4v) is 4.53. The SMILES string of the molecule is COc1ccc(CNC(=O)c2ccc3nc(C4CCNCC4)sc3c2)cc1. The van der Waals surface area contributed by atoms with Gasteiger partial charge in [-0.05, 0) is 61.8 Å². The third-order valence-corrected chi connectivity index (χ3v) is 6.15. The Kier molecular flexibility index (Phi) is 5.36. The van der Waals surface area contributed by atoms with E-state index in [0.717, 1.165) is 47.5 Å². The van der Waals surface area contributed by atoms with Crippen LogP contribution in [0.15, 0.2) is 42.5 Å². The molecule has 1 aromatic heterocycles. The van der Waals surface area contributed by atoms with Crippen molar-refractivity contribution in [3.63, 3.8) is 0 Å². The maximum atomic E-state index is 12.5. The first-order valence-electron chi connectivity index (χ1n) is 9.25. The van der Waals surface area contributed by atoms with Crippen LogP contribution >= 0.6 is 11.3 Å². The lowest BCUT2D eigenvalue weighted by Crippen LogP contribution is -2.26. The van der Waals surface area contributed by atoms with Crippen LogP contribution in [0.2, 0.25) is 0 Å². The Morgan fingerprint density at radius 3 is 2.74 bits per heavy atom. The molecule has 1 saturated heterocycles. The van der Waals surface area contributed by atoms with E-state index in [4.69, 9.17) is 9.72 Å². The predicted molar refractivity (Wildman–Crippen MR) is 109 cm³/mol. The first kappa shape index (κ1) is 17.9. The van der Waals surface area contributed by atoms with Gasteiger partial charge in [-0.3, -0.25) is 4.79 Å². The van der Waals surface area contributed by atoms with Gasteiger partial charge in [0.15, 0.2) is 0 Å². The number of methoxy groups -OCH3 is 1. The first-order chi connectivity index (χ1) is 13.2. The van der Waals surface area contributed by atoms with Gasteiger partial charge in [-0.1, -0.05) is 12.1 Å². The van der Waals surface area contributed by atoms with Crippen LogP contribution in [0.5, 0.6) is 5.75 Å². The zero-order chi connectivity index (χ0) is 18.6. The summed E-state index contributed by atoms with van der Waals surface area (Å²) in [5, 5.41) is 7.57. The first-order valence-corrected chi connectivity index (χ1v) is 10.1. The normalized spacial score (nSPS) is 15.0. The van der Waals surface area contributed by atoms with Crippen LogP contribution in [0.4, 0.5) is 0 Å². The molecule has 0 unspecified atom stereocenters. The van der Waals surface area contributed by atoms with Crippen LogP contribution in [0, 0.1) is 0 Å². The number of hydrogen-bond donors (Lipinski definition) is 2. The summed E-state index contributed by atoms with van der Waals surface area (Å²) in [7, 11) is 1.64. The quantitative estimate of drug-likeness (QED) is 0.707. The molecule has 140 valence electrons. The summed E-state index contributed by atoms with van der Waals surface area (Å²) in [6, 6.07) is 13.5. The second-order valence-corrected chi connectivity index (χ2v) is 7.85. The van der Waals surface area contributed by atoms with Gasteiger partial charge in [-0.25, -0.2) is 4.98 Å². The fraction of sp³-hybridized carbons (Fsp3) is 0.333. The molecule has 2 N–H and O–H groups in total.